The summed E-state index contributed by atoms with van der Waals surface area (Å²) in [5.41, 5.74) is 1.37. The van der Waals surface area contributed by atoms with Crippen LogP contribution in [0.25, 0.3) is 0 Å². The summed E-state index contributed by atoms with van der Waals surface area (Å²) < 4.78 is 6.85. The smallest absolute Gasteiger partial charge is 0.0551 e. The average Bonchev–Trinajstić information content (AvgIpc) is 2.79. The van der Waals surface area contributed by atoms with Gasteiger partial charge in [0.15, 0.2) is 0 Å². The summed E-state index contributed by atoms with van der Waals surface area (Å²) in [6, 6.07) is 0.413. The number of hydrogen-bond acceptors (Lipinski definition) is 3. The largest absolute Gasteiger partial charge is 0.378 e. The second-order valence-electron chi connectivity index (χ2n) is 4.08. The van der Waals surface area contributed by atoms with E-state index in [4.69, 9.17) is 4.74 Å². The lowest BCUT2D eigenvalue weighted by Gasteiger charge is -2.21. The van der Waals surface area contributed by atoms with E-state index in [1.54, 1.807) is 11.3 Å². The van der Waals surface area contributed by atoms with E-state index in [0.29, 0.717) is 18.1 Å². The first-order valence-corrected chi connectivity index (χ1v) is 6.96. The number of rotatable bonds is 3. The maximum atomic E-state index is 5.63. The highest BCUT2D eigenvalue weighted by Crippen LogP contribution is 2.36. The van der Waals surface area contributed by atoms with E-state index >= 15 is 0 Å². The van der Waals surface area contributed by atoms with E-state index in [-0.39, 0.29) is 0 Å². The average molecular weight is 290 g/mol. The van der Waals surface area contributed by atoms with Crippen molar-refractivity contribution in [1.29, 1.82) is 0 Å². The molecular formula is C11H16BrNOS. The van der Waals surface area contributed by atoms with Gasteiger partial charge in [-0.1, -0.05) is 0 Å². The molecule has 0 aliphatic carbocycles. The van der Waals surface area contributed by atoms with Gasteiger partial charge in [0.05, 0.1) is 12.7 Å². The van der Waals surface area contributed by atoms with Crippen molar-refractivity contribution >= 4 is 27.3 Å². The Bertz CT molecular complexity index is 328. The van der Waals surface area contributed by atoms with E-state index < -0.39 is 0 Å². The van der Waals surface area contributed by atoms with Gasteiger partial charge in [-0.2, -0.15) is 11.3 Å². The molecule has 1 aromatic heterocycles. The fourth-order valence-corrected chi connectivity index (χ4v) is 3.82. The van der Waals surface area contributed by atoms with Crippen molar-refractivity contribution in [2.24, 2.45) is 5.92 Å². The topological polar surface area (TPSA) is 21.3 Å². The number of ether oxygens (including phenoxy) is 1. The van der Waals surface area contributed by atoms with Crippen LogP contribution in [0, 0.1) is 5.92 Å². The fourth-order valence-electron chi connectivity index (χ4n) is 2.24. The highest BCUT2D eigenvalue weighted by atomic mass is 79.9. The monoisotopic (exact) mass is 289 g/mol. The molecule has 1 fully saturated rings. The molecule has 0 spiro atoms. The van der Waals surface area contributed by atoms with E-state index in [1.165, 1.54) is 10.0 Å². The van der Waals surface area contributed by atoms with Gasteiger partial charge < -0.3 is 10.1 Å². The van der Waals surface area contributed by atoms with E-state index in [2.05, 4.69) is 38.9 Å². The van der Waals surface area contributed by atoms with Crippen molar-refractivity contribution in [1.82, 2.24) is 5.32 Å². The molecule has 3 atom stereocenters. The van der Waals surface area contributed by atoms with Crippen LogP contribution in [0.1, 0.15) is 24.9 Å². The molecule has 1 aliphatic rings. The van der Waals surface area contributed by atoms with Crippen molar-refractivity contribution < 1.29 is 4.74 Å². The van der Waals surface area contributed by atoms with Gasteiger partial charge in [0.1, 0.15) is 0 Å². The molecular weight excluding hydrogens is 274 g/mol. The summed E-state index contributed by atoms with van der Waals surface area (Å²) >= 11 is 5.34. The number of nitrogens with one attached hydrogen (secondary N) is 1. The molecule has 0 radical (unpaired) electrons. The Morgan fingerprint density at radius 1 is 1.60 bits per heavy atom. The van der Waals surface area contributed by atoms with Gasteiger partial charge in [0.2, 0.25) is 0 Å². The Kier molecular flexibility index (Phi) is 3.83. The van der Waals surface area contributed by atoms with Gasteiger partial charge in [-0.15, -0.1) is 0 Å². The molecule has 3 unspecified atom stereocenters. The van der Waals surface area contributed by atoms with Crippen LogP contribution < -0.4 is 5.32 Å². The van der Waals surface area contributed by atoms with Gasteiger partial charge in [0.25, 0.3) is 0 Å². The van der Waals surface area contributed by atoms with Crippen LogP contribution in [-0.2, 0) is 4.74 Å². The van der Waals surface area contributed by atoms with Crippen molar-refractivity contribution in [2.75, 3.05) is 13.7 Å². The standard InChI is InChI=1S/C11H16BrNOS/c1-7-3-8(4-14-7)11(13-2)9-5-15-6-10(9)12/h5-8,11,13H,3-4H2,1-2H3. The Morgan fingerprint density at radius 2 is 2.40 bits per heavy atom. The highest BCUT2D eigenvalue weighted by Gasteiger charge is 2.30. The van der Waals surface area contributed by atoms with Gasteiger partial charge >= 0.3 is 0 Å². The summed E-state index contributed by atoms with van der Waals surface area (Å²) in [5.74, 6) is 0.593. The van der Waals surface area contributed by atoms with Crippen LogP contribution >= 0.6 is 27.3 Å². The minimum absolute atomic E-state index is 0.406. The van der Waals surface area contributed by atoms with Crippen molar-refractivity contribution in [2.45, 2.75) is 25.5 Å². The van der Waals surface area contributed by atoms with E-state index in [9.17, 15) is 0 Å². The molecule has 0 aromatic carbocycles. The first kappa shape index (κ1) is 11.6. The zero-order chi connectivity index (χ0) is 10.8. The predicted molar refractivity (Wildman–Crippen MR) is 67.3 cm³/mol. The Morgan fingerprint density at radius 3 is 2.87 bits per heavy atom. The molecule has 1 N–H and O–H groups in total. The molecule has 15 heavy (non-hydrogen) atoms. The third kappa shape index (κ3) is 2.44. The summed E-state index contributed by atoms with van der Waals surface area (Å²) in [4.78, 5) is 0. The van der Waals surface area contributed by atoms with Crippen molar-refractivity contribution in [3.63, 3.8) is 0 Å². The zero-order valence-electron chi connectivity index (χ0n) is 9.00. The first-order chi connectivity index (χ1) is 7.22. The molecule has 1 aromatic rings. The SMILES string of the molecule is CNC(c1cscc1Br)C1COC(C)C1. The molecule has 2 rings (SSSR count). The van der Waals surface area contributed by atoms with Gasteiger partial charge in [-0.05, 0) is 47.3 Å². The quantitative estimate of drug-likeness (QED) is 0.923. The molecule has 1 aliphatic heterocycles. The molecule has 0 amide bonds. The Labute approximate surface area is 103 Å². The third-order valence-corrected chi connectivity index (χ3v) is 4.74. The van der Waals surface area contributed by atoms with Gasteiger partial charge in [-0.3, -0.25) is 0 Å². The molecule has 84 valence electrons. The van der Waals surface area contributed by atoms with E-state index in [0.717, 1.165) is 13.0 Å². The summed E-state index contributed by atoms with van der Waals surface area (Å²) in [6.07, 6.45) is 1.55. The van der Waals surface area contributed by atoms with Crippen LogP contribution in [-0.4, -0.2) is 19.8 Å². The molecule has 2 heterocycles. The van der Waals surface area contributed by atoms with Crippen LogP contribution in [0.5, 0.6) is 0 Å². The Hall–Kier alpha value is 0.1000. The molecule has 2 nitrogen and oxygen atoms in total. The number of halogens is 1. The third-order valence-electron chi connectivity index (χ3n) is 2.99. The maximum Gasteiger partial charge on any atom is 0.0551 e. The molecule has 4 heteroatoms. The lowest BCUT2D eigenvalue weighted by Crippen LogP contribution is -2.25. The van der Waals surface area contributed by atoms with Crippen molar-refractivity contribution in [3.05, 3.63) is 20.8 Å². The summed E-state index contributed by atoms with van der Waals surface area (Å²) in [6.45, 7) is 3.02. The van der Waals surface area contributed by atoms with Crippen LogP contribution in [0.2, 0.25) is 0 Å². The van der Waals surface area contributed by atoms with Gasteiger partial charge in [-0.25, -0.2) is 0 Å². The molecule has 1 saturated heterocycles. The minimum atomic E-state index is 0.406. The summed E-state index contributed by atoms with van der Waals surface area (Å²) in [5, 5.41) is 7.76. The highest BCUT2D eigenvalue weighted by molar-refractivity contribution is 9.10. The number of thiophene rings is 1. The zero-order valence-corrected chi connectivity index (χ0v) is 11.4. The first-order valence-electron chi connectivity index (χ1n) is 5.22. The lowest BCUT2D eigenvalue weighted by molar-refractivity contribution is 0.117. The predicted octanol–water partition coefficient (Wildman–Crippen LogP) is 3.20. The second-order valence-corrected chi connectivity index (χ2v) is 5.68. The number of hydrogen-bond donors (Lipinski definition) is 1. The Balaban J connectivity index is 2.14. The minimum Gasteiger partial charge on any atom is -0.378 e. The van der Waals surface area contributed by atoms with Crippen LogP contribution in [0.3, 0.4) is 0 Å². The van der Waals surface area contributed by atoms with Gasteiger partial charge in [0, 0.05) is 21.8 Å². The van der Waals surface area contributed by atoms with E-state index in [1.807, 2.05) is 7.05 Å². The fraction of sp³-hybridized carbons (Fsp3) is 0.636. The normalized spacial score (nSPS) is 28.2. The second kappa shape index (κ2) is 4.95. The lowest BCUT2D eigenvalue weighted by atomic mass is 9.93. The molecule has 0 bridgehead atoms. The maximum absolute atomic E-state index is 5.63. The molecule has 0 saturated carbocycles. The van der Waals surface area contributed by atoms with Crippen LogP contribution in [0.4, 0.5) is 0 Å². The van der Waals surface area contributed by atoms with Crippen molar-refractivity contribution in [3.8, 4) is 0 Å². The summed E-state index contributed by atoms with van der Waals surface area (Å²) in [7, 11) is 2.03. The van der Waals surface area contributed by atoms with Crippen LogP contribution in [0.15, 0.2) is 15.2 Å².